The van der Waals surface area contributed by atoms with Crippen molar-refractivity contribution < 1.29 is 23.9 Å². The van der Waals surface area contributed by atoms with Gasteiger partial charge in [-0.3, -0.25) is 9.59 Å². The van der Waals surface area contributed by atoms with Crippen LogP contribution in [0.4, 0.5) is 0 Å². The molecule has 1 amide bonds. The van der Waals surface area contributed by atoms with Gasteiger partial charge < -0.3 is 20.5 Å². The molecule has 0 aliphatic carbocycles. The average Bonchev–Trinajstić information content (AvgIpc) is 2.35. The smallest absolute Gasteiger partial charge is 0.328 e. The highest BCUT2D eigenvalue weighted by Crippen LogP contribution is 2.03. The predicted octanol–water partition coefficient (Wildman–Crippen LogP) is -0.809. The molecule has 3 N–H and O–H groups in total. The Bertz CT molecular complexity index is 317. The van der Waals surface area contributed by atoms with Crippen LogP contribution in [-0.4, -0.2) is 44.1 Å². The van der Waals surface area contributed by atoms with E-state index in [4.69, 9.17) is 5.73 Å². The summed E-state index contributed by atoms with van der Waals surface area (Å²) in [5.41, 5.74) is 5.58. The number of hydrogen-bond acceptors (Lipinski definition) is 6. The summed E-state index contributed by atoms with van der Waals surface area (Å²) < 4.78 is 8.95. The van der Waals surface area contributed by atoms with Gasteiger partial charge in [0.05, 0.1) is 20.6 Å². The second kappa shape index (κ2) is 7.65. The second-order valence-electron chi connectivity index (χ2n) is 4.01. The van der Waals surface area contributed by atoms with E-state index >= 15 is 0 Å². The van der Waals surface area contributed by atoms with Crippen LogP contribution in [0.2, 0.25) is 0 Å². The summed E-state index contributed by atoms with van der Waals surface area (Å²) in [5, 5.41) is 2.42. The first-order chi connectivity index (χ1) is 8.33. The van der Waals surface area contributed by atoms with Crippen LogP contribution in [0.3, 0.4) is 0 Å². The molecule has 7 nitrogen and oxygen atoms in total. The van der Waals surface area contributed by atoms with Crippen LogP contribution >= 0.6 is 0 Å². The Kier molecular flexibility index (Phi) is 6.96. The van der Waals surface area contributed by atoms with E-state index < -0.39 is 29.8 Å². The molecule has 0 bridgehead atoms. The fraction of sp³-hybridized carbons (Fsp3) is 0.727. The molecule has 0 rings (SSSR count). The Labute approximate surface area is 106 Å². The van der Waals surface area contributed by atoms with Crippen molar-refractivity contribution in [3.8, 4) is 0 Å². The minimum absolute atomic E-state index is 0.277. The number of esters is 2. The summed E-state index contributed by atoms with van der Waals surface area (Å²) >= 11 is 0. The zero-order valence-electron chi connectivity index (χ0n) is 11.1. The third kappa shape index (κ3) is 5.13. The zero-order chi connectivity index (χ0) is 14.3. The molecule has 0 aromatic heterocycles. The number of rotatable bonds is 6. The molecule has 0 heterocycles. The van der Waals surface area contributed by atoms with Gasteiger partial charge in [0.2, 0.25) is 5.91 Å². The van der Waals surface area contributed by atoms with Crippen LogP contribution in [0, 0.1) is 5.92 Å². The Morgan fingerprint density at radius 2 is 1.72 bits per heavy atom. The van der Waals surface area contributed by atoms with Gasteiger partial charge in [-0.1, -0.05) is 6.92 Å². The van der Waals surface area contributed by atoms with E-state index in [-0.39, 0.29) is 12.5 Å². The molecule has 3 unspecified atom stereocenters. The largest absolute Gasteiger partial charge is 0.469 e. The van der Waals surface area contributed by atoms with E-state index in [1.807, 2.05) is 0 Å². The van der Waals surface area contributed by atoms with Gasteiger partial charge in [-0.25, -0.2) is 4.79 Å². The number of ether oxygens (including phenoxy) is 2. The highest BCUT2D eigenvalue weighted by Gasteiger charge is 2.27. The number of methoxy groups -OCH3 is 2. The van der Waals surface area contributed by atoms with E-state index in [9.17, 15) is 14.4 Å². The molecule has 0 saturated heterocycles. The van der Waals surface area contributed by atoms with Gasteiger partial charge in [-0.05, 0) is 6.92 Å². The summed E-state index contributed by atoms with van der Waals surface area (Å²) in [5.74, 6) is -2.20. The molecule has 18 heavy (non-hydrogen) atoms. The topological polar surface area (TPSA) is 108 Å². The fourth-order valence-corrected chi connectivity index (χ4v) is 1.13. The van der Waals surface area contributed by atoms with Crippen LogP contribution in [0.1, 0.15) is 20.3 Å². The van der Waals surface area contributed by atoms with Crippen molar-refractivity contribution >= 4 is 17.8 Å². The van der Waals surface area contributed by atoms with E-state index in [0.29, 0.717) is 0 Å². The van der Waals surface area contributed by atoms with Crippen LogP contribution in [0.15, 0.2) is 0 Å². The maximum absolute atomic E-state index is 11.7. The summed E-state index contributed by atoms with van der Waals surface area (Å²) in [4.78, 5) is 34.3. The summed E-state index contributed by atoms with van der Waals surface area (Å²) in [6.07, 6.45) is -0.277. The van der Waals surface area contributed by atoms with Crippen LogP contribution < -0.4 is 11.1 Å². The Morgan fingerprint density at radius 1 is 1.17 bits per heavy atom. The van der Waals surface area contributed by atoms with E-state index in [1.165, 1.54) is 14.2 Å². The SMILES string of the molecule is COC(=O)CC(NC(=O)C(C)C(C)N)C(=O)OC. The molecule has 0 fully saturated rings. The van der Waals surface area contributed by atoms with Crippen molar-refractivity contribution in [3.05, 3.63) is 0 Å². The first kappa shape index (κ1) is 16.4. The number of hydrogen-bond donors (Lipinski definition) is 2. The number of nitrogens with one attached hydrogen (secondary N) is 1. The van der Waals surface area contributed by atoms with Crippen LogP contribution in [0.25, 0.3) is 0 Å². The molecule has 0 radical (unpaired) electrons. The van der Waals surface area contributed by atoms with Gasteiger partial charge >= 0.3 is 11.9 Å². The quantitative estimate of drug-likeness (QED) is 0.605. The fourth-order valence-electron chi connectivity index (χ4n) is 1.13. The van der Waals surface area contributed by atoms with Crippen molar-refractivity contribution in [1.29, 1.82) is 0 Å². The Hall–Kier alpha value is -1.63. The minimum atomic E-state index is -1.06. The lowest BCUT2D eigenvalue weighted by molar-refractivity contribution is -0.151. The first-order valence-corrected chi connectivity index (χ1v) is 5.54. The molecular formula is C11H20N2O5. The van der Waals surface area contributed by atoms with Gasteiger partial charge in [-0.15, -0.1) is 0 Å². The van der Waals surface area contributed by atoms with E-state index in [1.54, 1.807) is 13.8 Å². The van der Waals surface area contributed by atoms with Crippen molar-refractivity contribution in [2.75, 3.05) is 14.2 Å². The van der Waals surface area contributed by atoms with Crippen molar-refractivity contribution in [2.24, 2.45) is 11.7 Å². The third-order valence-corrected chi connectivity index (χ3v) is 2.60. The molecule has 0 spiro atoms. The standard InChI is InChI=1S/C11H20N2O5/c1-6(7(2)12)10(15)13-8(11(16)18-4)5-9(14)17-3/h6-8H,5,12H2,1-4H3,(H,13,15). The minimum Gasteiger partial charge on any atom is -0.469 e. The molecule has 0 aliphatic heterocycles. The maximum Gasteiger partial charge on any atom is 0.328 e. The molecule has 3 atom stereocenters. The summed E-state index contributed by atoms with van der Waals surface area (Å²) in [6, 6.07) is -1.42. The van der Waals surface area contributed by atoms with Crippen molar-refractivity contribution in [3.63, 3.8) is 0 Å². The highest BCUT2D eigenvalue weighted by atomic mass is 16.5. The monoisotopic (exact) mass is 260 g/mol. The normalized spacial score (nSPS) is 15.2. The van der Waals surface area contributed by atoms with E-state index in [2.05, 4.69) is 14.8 Å². The molecule has 104 valence electrons. The van der Waals surface area contributed by atoms with Crippen LogP contribution in [0.5, 0.6) is 0 Å². The lowest BCUT2D eigenvalue weighted by Crippen LogP contribution is -2.48. The third-order valence-electron chi connectivity index (χ3n) is 2.60. The zero-order valence-corrected chi connectivity index (χ0v) is 11.1. The van der Waals surface area contributed by atoms with Gasteiger partial charge in [0.25, 0.3) is 0 Å². The number of carbonyl (C=O) groups is 3. The number of nitrogens with two attached hydrogens (primary N) is 1. The van der Waals surface area contributed by atoms with Gasteiger partial charge in [0.1, 0.15) is 6.04 Å². The molecule has 0 aromatic rings. The lowest BCUT2D eigenvalue weighted by atomic mass is 10.0. The summed E-state index contributed by atoms with van der Waals surface area (Å²) in [6.45, 7) is 3.31. The number of carbonyl (C=O) groups excluding carboxylic acids is 3. The van der Waals surface area contributed by atoms with E-state index in [0.717, 1.165) is 0 Å². The average molecular weight is 260 g/mol. The Balaban J connectivity index is 4.64. The maximum atomic E-state index is 11.7. The van der Waals surface area contributed by atoms with Gasteiger partial charge in [-0.2, -0.15) is 0 Å². The second-order valence-corrected chi connectivity index (χ2v) is 4.01. The Morgan fingerprint density at radius 3 is 2.11 bits per heavy atom. The molecular weight excluding hydrogens is 240 g/mol. The predicted molar refractivity (Wildman–Crippen MR) is 63.4 cm³/mol. The molecule has 0 aliphatic rings. The lowest BCUT2D eigenvalue weighted by Gasteiger charge is -2.20. The number of amides is 1. The van der Waals surface area contributed by atoms with Crippen LogP contribution in [-0.2, 0) is 23.9 Å². The molecule has 7 heteroatoms. The molecule has 0 saturated carbocycles. The van der Waals surface area contributed by atoms with Crippen molar-refractivity contribution in [2.45, 2.75) is 32.4 Å². The summed E-state index contributed by atoms with van der Waals surface area (Å²) in [7, 11) is 2.37. The van der Waals surface area contributed by atoms with Gasteiger partial charge in [0, 0.05) is 12.0 Å². The molecule has 0 aromatic carbocycles. The van der Waals surface area contributed by atoms with Crippen molar-refractivity contribution in [1.82, 2.24) is 5.32 Å². The highest BCUT2D eigenvalue weighted by molar-refractivity contribution is 5.88. The first-order valence-electron chi connectivity index (χ1n) is 5.54. The van der Waals surface area contributed by atoms with Gasteiger partial charge in [0.15, 0.2) is 0 Å².